The molecule has 0 aliphatic heterocycles. The van der Waals surface area contributed by atoms with Crippen molar-refractivity contribution in [2.24, 2.45) is 5.92 Å². The Balaban J connectivity index is 2.28. The van der Waals surface area contributed by atoms with Gasteiger partial charge in [-0.1, -0.05) is 6.42 Å². The molecule has 1 aliphatic rings. The maximum atomic E-state index is 12.4. The molecule has 1 aromatic carbocycles. The van der Waals surface area contributed by atoms with Gasteiger partial charge in [-0.3, -0.25) is 4.79 Å². The Labute approximate surface area is 96.6 Å². The normalized spacial score (nSPS) is 16.6. The number of hydrogen-bond donors (Lipinski definition) is 1. The first-order chi connectivity index (χ1) is 7.89. The average molecular weight is 243 g/mol. The highest BCUT2D eigenvalue weighted by molar-refractivity contribution is 6.02. The fourth-order valence-corrected chi connectivity index (χ4v) is 1.85. The quantitative estimate of drug-likeness (QED) is 0.640. The zero-order chi connectivity index (χ0) is 12.6. The Hall–Kier alpha value is -1.52. The van der Waals surface area contributed by atoms with E-state index in [4.69, 9.17) is 5.73 Å². The lowest BCUT2D eigenvalue weighted by molar-refractivity contribution is -0.137. The zero-order valence-corrected chi connectivity index (χ0v) is 9.05. The number of anilines is 1. The van der Waals surface area contributed by atoms with Gasteiger partial charge >= 0.3 is 6.18 Å². The van der Waals surface area contributed by atoms with E-state index in [1.54, 1.807) is 0 Å². The summed E-state index contributed by atoms with van der Waals surface area (Å²) < 4.78 is 37.2. The van der Waals surface area contributed by atoms with Crippen molar-refractivity contribution in [3.8, 4) is 0 Å². The van der Waals surface area contributed by atoms with E-state index in [-0.39, 0.29) is 23.0 Å². The highest BCUT2D eigenvalue weighted by atomic mass is 19.4. The first kappa shape index (κ1) is 12.0. The number of hydrogen-bond acceptors (Lipinski definition) is 2. The third-order valence-electron chi connectivity index (χ3n) is 3.12. The highest BCUT2D eigenvalue weighted by Crippen LogP contribution is 2.34. The van der Waals surface area contributed by atoms with Gasteiger partial charge in [-0.25, -0.2) is 0 Å². The summed E-state index contributed by atoms with van der Waals surface area (Å²) in [4.78, 5) is 11.8. The molecule has 1 aliphatic carbocycles. The molecule has 1 aromatic rings. The van der Waals surface area contributed by atoms with Crippen LogP contribution in [-0.2, 0) is 6.18 Å². The molecule has 5 heteroatoms. The van der Waals surface area contributed by atoms with Crippen LogP contribution in [0, 0.1) is 5.92 Å². The van der Waals surface area contributed by atoms with Crippen molar-refractivity contribution < 1.29 is 18.0 Å². The molecule has 0 saturated heterocycles. The van der Waals surface area contributed by atoms with E-state index in [2.05, 4.69) is 0 Å². The predicted molar refractivity (Wildman–Crippen MR) is 57.5 cm³/mol. The molecule has 2 N–H and O–H groups in total. The van der Waals surface area contributed by atoms with Gasteiger partial charge in [-0.15, -0.1) is 0 Å². The summed E-state index contributed by atoms with van der Waals surface area (Å²) in [6.45, 7) is 0. The first-order valence-electron chi connectivity index (χ1n) is 5.40. The van der Waals surface area contributed by atoms with E-state index < -0.39 is 11.7 Å². The molecular formula is C12H12F3NO. The summed E-state index contributed by atoms with van der Waals surface area (Å²) in [5.74, 6) is -0.198. The van der Waals surface area contributed by atoms with Crippen molar-refractivity contribution in [2.45, 2.75) is 25.4 Å². The minimum atomic E-state index is -4.42. The van der Waals surface area contributed by atoms with Crippen LogP contribution in [-0.4, -0.2) is 5.78 Å². The third-order valence-corrected chi connectivity index (χ3v) is 3.12. The second kappa shape index (κ2) is 4.05. The Morgan fingerprint density at radius 3 is 2.35 bits per heavy atom. The molecule has 0 bridgehead atoms. The van der Waals surface area contributed by atoms with Gasteiger partial charge in [0.05, 0.1) is 5.56 Å². The van der Waals surface area contributed by atoms with Gasteiger partial charge in [0.25, 0.3) is 0 Å². The molecule has 0 atom stereocenters. The average Bonchev–Trinajstić information content (AvgIpc) is 2.12. The van der Waals surface area contributed by atoms with Crippen molar-refractivity contribution in [1.82, 2.24) is 0 Å². The smallest absolute Gasteiger partial charge is 0.398 e. The van der Waals surface area contributed by atoms with Crippen molar-refractivity contribution in [2.75, 3.05) is 5.73 Å². The number of nitrogens with two attached hydrogens (primary N) is 1. The lowest BCUT2D eigenvalue weighted by Gasteiger charge is -2.24. The monoisotopic (exact) mass is 243 g/mol. The predicted octanol–water partition coefficient (Wildman–Crippen LogP) is 3.27. The number of alkyl halides is 3. The standard InChI is InChI=1S/C12H12F3NO/c13-12(14,15)8-4-5-9(10(16)6-8)11(17)7-2-1-3-7/h4-7H,1-3,16H2. The van der Waals surface area contributed by atoms with E-state index in [1.165, 1.54) is 6.07 Å². The number of rotatable bonds is 2. The fourth-order valence-electron chi connectivity index (χ4n) is 1.85. The number of Topliss-reactive ketones (excluding diaryl/α,β-unsaturated/α-hetero) is 1. The van der Waals surface area contributed by atoms with Crippen LogP contribution >= 0.6 is 0 Å². The molecule has 1 fully saturated rings. The number of halogens is 3. The summed E-state index contributed by atoms with van der Waals surface area (Å²) in [6.07, 6.45) is -1.82. The van der Waals surface area contributed by atoms with Crippen LogP contribution in [0.15, 0.2) is 18.2 Å². The van der Waals surface area contributed by atoms with Crippen molar-refractivity contribution in [3.05, 3.63) is 29.3 Å². The summed E-state index contributed by atoms with van der Waals surface area (Å²) in [7, 11) is 0. The summed E-state index contributed by atoms with van der Waals surface area (Å²) in [5.41, 5.74) is 4.82. The van der Waals surface area contributed by atoms with Gasteiger partial charge in [0.15, 0.2) is 5.78 Å². The summed E-state index contributed by atoms with van der Waals surface area (Å²) in [5, 5.41) is 0. The Morgan fingerprint density at radius 1 is 1.29 bits per heavy atom. The summed E-state index contributed by atoms with van der Waals surface area (Å²) in [6, 6.07) is 2.91. The van der Waals surface area contributed by atoms with E-state index in [1.807, 2.05) is 0 Å². The number of benzene rings is 1. The minimum absolute atomic E-state index is 0.0611. The maximum absolute atomic E-state index is 12.4. The second-order valence-corrected chi connectivity index (χ2v) is 4.29. The van der Waals surface area contributed by atoms with Gasteiger partial charge in [0.1, 0.15) is 0 Å². The molecule has 1 saturated carbocycles. The molecule has 0 spiro atoms. The first-order valence-corrected chi connectivity index (χ1v) is 5.40. The van der Waals surface area contributed by atoms with Crippen LogP contribution in [0.4, 0.5) is 18.9 Å². The number of carbonyl (C=O) groups excluding carboxylic acids is 1. The summed E-state index contributed by atoms with van der Waals surface area (Å²) >= 11 is 0. The van der Waals surface area contributed by atoms with E-state index in [0.717, 1.165) is 31.4 Å². The van der Waals surface area contributed by atoms with Gasteiger partial charge in [-0.05, 0) is 31.0 Å². The van der Waals surface area contributed by atoms with Crippen molar-refractivity contribution >= 4 is 11.5 Å². The minimum Gasteiger partial charge on any atom is -0.398 e. The fraction of sp³-hybridized carbons (Fsp3) is 0.417. The van der Waals surface area contributed by atoms with Crippen LogP contribution in [0.5, 0.6) is 0 Å². The van der Waals surface area contributed by atoms with Crippen molar-refractivity contribution in [1.29, 1.82) is 0 Å². The van der Waals surface area contributed by atoms with Crippen molar-refractivity contribution in [3.63, 3.8) is 0 Å². The lowest BCUT2D eigenvalue weighted by Crippen LogP contribution is -2.23. The number of nitrogen functional groups attached to an aromatic ring is 1. The van der Waals surface area contributed by atoms with E-state index in [0.29, 0.717) is 0 Å². The third kappa shape index (κ3) is 2.28. The topological polar surface area (TPSA) is 43.1 Å². The van der Waals surface area contributed by atoms with Gasteiger partial charge < -0.3 is 5.73 Å². The van der Waals surface area contributed by atoms with Gasteiger partial charge in [0.2, 0.25) is 0 Å². The lowest BCUT2D eigenvalue weighted by atomic mass is 9.79. The van der Waals surface area contributed by atoms with E-state index in [9.17, 15) is 18.0 Å². The van der Waals surface area contributed by atoms with E-state index >= 15 is 0 Å². The molecule has 0 unspecified atom stereocenters. The Morgan fingerprint density at radius 2 is 1.94 bits per heavy atom. The molecule has 2 nitrogen and oxygen atoms in total. The molecule has 2 rings (SSSR count). The maximum Gasteiger partial charge on any atom is 0.416 e. The van der Waals surface area contributed by atoms with Gasteiger partial charge in [-0.2, -0.15) is 13.2 Å². The molecule has 0 aromatic heterocycles. The second-order valence-electron chi connectivity index (χ2n) is 4.29. The van der Waals surface area contributed by atoms with Crippen LogP contribution in [0.2, 0.25) is 0 Å². The largest absolute Gasteiger partial charge is 0.416 e. The Kier molecular flexibility index (Phi) is 2.85. The molecule has 0 radical (unpaired) electrons. The zero-order valence-electron chi connectivity index (χ0n) is 9.05. The van der Waals surface area contributed by atoms with Crippen LogP contribution < -0.4 is 5.73 Å². The SMILES string of the molecule is Nc1cc(C(F)(F)F)ccc1C(=O)C1CCC1. The number of carbonyl (C=O) groups is 1. The molecule has 17 heavy (non-hydrogen) atoms. The Bertz CT molecular complexity index is 450. The van der Waals surface area contributed by atoms with Crippen LogP contribution in [0.1, 0.15) is 35.2 Å². The molecule has 0 amide bonds. The molecule has 0 heterocycles. The highest BCUT2D eigenvalue weighted by Gasteiger charge is 2.32. The van der Waals surface area contributed by atoms with Crippen LogP contribution in [0.25, 0.3) is 0 Å². The van der Waals surface area contributed by atoms with Gasteiger partial charge in [0, 0.05) is 17.2 Å². The molecule has 92 valence electrons. The molecular weight excluding hydrogens is 231 g/mol. The van der Waals surface area contributed by atoms with Crippen LogP contribution in [0.3, 0.4) is 0 Å². The number of ketones is 1.